The van der Waals surface area contributed by atoms with Crippen LogP contribution in [-0.2, 0) is 16.1 Å². The number of esters is 1. The molecule has 0 bridgehead atoms. The van der Waals surface area contributed by atoms with Gasteiger partial charge in [-0.25, -0.2) is 0 Å². The molecule has 0 N–H and O–H groups in total. The highest BCUT2D eigenvalue weighted by Crippen LogP contribution is 2.21. The molecule has 5 heteroatoms. The molecule has 148 valence electrons. The second kappa shape index (κ2) is 9.11. The number of nitrogens with zero attached hydrogens (tertiary/aromatic N) is 2. The Balaban J connectivity index is 1.62. The number of benzene rings is 1. The number of hydrogen-bond donors (Lipinski definition) is 0. The molecule has 5 nitrogen and oxygen atoms in total. The molecule has 28 heavy (non-hydrogen) atoms. The van der Waals surface area contributed by atoms with Crippen LogP contribution in [0.15, 0.2) is 36.5 Å². The van der Waals surface area contributed by atoms with Crippen molar-refractivity contribution in [3.63, 3.8) is 0 Å². The molecule has 2 heterocycles. The van der Waals surface area contributed by atoms with Gasteiger partial charge in [-0.3, -0.25) is 19.5 Å². The van der Waals surface area contributed by atoms with Crippen LogP contribution in [0.2, 0.25) is 0 Å². The molecule has 1 aromatic carbocycles. The van der Waals surface area contributed by atoms with Crippen LogP contribution in [0.1, 0.15) is 52.0 Å². The fourth-order valence-corrected chi connectivity index (χ4v) is 3.72. The lowest BCUT2D eigenvalue weighted by Gasteiger charge is -2.33. The summed E-state index contributed by atoms with van der Waals surface area (Å²) in [6.45, 7) is 7.16. The maximum absolute atomic E-state index is 12.7. The Bertz CT molecular complexity index is 848. The highest BCUT2D eigenvalue weighted by molar-refractivity contribution is 5.99. The number of aryl methyl sites for hydroxylation is 3. The van der Waals surface area contributed by atoms with Crippen molar-refractivity contribution in [2.45, 2.75) is 52.6 Å². The second-order valence-electron chi connectivity index (χ2n) is 7.59. The van der Waals surface area contributed by atoms with Crippen LogP contribution in [0.5, 0.6) is 0 Å². The third-order valence-corrected chi connectivity index (χ3v) is 5.46. The molecule has 2 aromatic rings. The van der Waals surface area contributed by atoms with Gasteiger partial charge in [0.05, 0.1) is 5.69 Å². The number of carbonyl (C=O) groups excluding carboxylic acids is 2. The molecule has 0 spiro atoms. The molecule has 0 amide bonds. The lowest BCUT2D eigenvalue weighted by molar-refractivity contribution is -0.150. The summed E-state index contributed by atoms with van der Waals surface area (Å²) in [6, 6.07) is 9.36. The van der Waals surface area contributed by atoms with Crippen molar-refractivity contribution in [2.24, 2.45) is 0 Å². The van der Waals surface area contributed by atoms with Crippen molar-refractivity contribution in [3.8, 4) is 0 Å². The Morgan fingerprint density at radius 1 is 1.11 bits per heavy atom. The summed E-state index contributed by atoms with van der Waals surface area (Å²) in [5.41, 5.74) is 4.69. The van der Waals surface area contributed by atoms with Gasteiger partial charge in [0.2, 0.25) is 5.78 Å². The molecule has 1 saturated heterocycles. The van der Waals surface area contributed by atoms with Crippen molar-refractivity contribution in [3.05, 3.63) is 64.5 Å². The number of ether oxygens (including phenoxy) is 1. The Labute approximate surface area is 166 Å². The fraction of sp³-hybridized carbons (Fsp3) is 0.435. The number of pyridine rings is 1. The molecule has 0 radical (unpaired) electrons. The lowest BCUT2D eigenvalue weighted by Crippen LogP contribution is -2.45. The van der Waals surface area contributed by atoms with Gasteiger partial charge in [0, 0.05) is 18.3 Å². The number of ketones is 1. The first kappa shape index (κ1) is 20.2. The maximum Gasteiger partial charge on any atom is 0.323 e. The Kier molecular flexibility index (Phi) is 6.57. The Morgan fingerprint density at radius 3 is 2.64 bits per heavy atom. The van der Waals surface area contributed by atoms with Gasteiger partial charge in [0.25, 0.3) is 0 Å². The first-order valence-corrected chi connectivity index (χ1v) is 9.87. The van der Waals surface area contributed by atoms with E-state index >= 15 is 0 Å². The molecule has 3 rings (SSSR count). The molecule has 1 fully saturated rings. The number of rotatable bonds is 6. The van der Waals surface area contributed by atoms with Gasteiger partial charge in [-0.1, -0.05) is 18.6 Å². The van der Waals surface area contributed by atoms with E-state index in [0.717, 1.165) is 48.2 Å². The zero-order valence-corrected chi connectivity index (χ0v) is 16.9. The summed E-state index contributed by atoms with van der Waals surface area (Å²) in [4.78, 5) is 31.8. The van der Waals surface area contributed by atoms with Crippen LogP contribution in [0.4, 0.5) is 0 Å². The summed E-state index contributed by atoms with van der Waals surface area (Å²) in [6.07, 6.45) is 4.56. The quantitative estimate of drug-likeness (QED) is 0.564. The molecule has 1 aromatic heterocycles. The van der Waals surface area contributed by atoms with E-state index in [1.165, 1.54) is 0 Å². The van der Waals surface area contributed by atoms with Crippen LogP contribution in [0.3, 0.4) is 0 Å². The molecule has 0 saturated carbocycles. The maximum atomic E-state index is 12.7. The summed E-state index contributed by atoms with van der Waals surface area (Å²) >= 11 is 0. The van der Waals surface area contributed by atoms with E-state index in [1.807, 2.05) is 51.1 Å². The minimum atomic E-state index is -0.315. The van der Waals surface area contributed by atoms with Crippen molar-refractivity contribution < 1.29 is 14.3 Å². The van der Waals surface area contributed by atoms with Gasteiger partial charge in [-0.2, -0.15) is 0 Å². The smallest absolute Gasteiger partial charge is 0.323 e. The number of Topliss-reactive ketones (excluding diaryl/α,β-unsaturated/α-hetero) is 1. The predicted molar refractivity (Wildman–Crippen MR) is 108 cm³/mol. The molecule has 1 aliphatic heterocycles. The standard InChI is InChI=1S/C23H28N2O3/c1-16-12-18(3)20(13-17(16)2)22(26)15-28-23(27)21-9-5-7-11-25(21)14-19-8-4-6-10-24-19/h4,6,8,10,12-13,21H,5,7,9,11,14-15H2,1-3H3/t21-/m1/s1. The normalized spacial score (nSPS) is 17.3. The fourth-order valence-electron chi connectivity index (χ4n) is 3.72. The van der Waals surface area contributed by atoms with Crippen molar-refractivity contribution in [2.75, 3.05) is 13.2 Å². The summed E-state index contributed by atoms with van der Waals surface area (Å²) < 4.78 is 5.44. The largest absolute Gasteiger partial charge is 0.456 e. The van der Waals surface area contributed by atoms with E-state index in [0.29, 0.717) is 12.1 Å². The molecule has 1 atom stereocenters. The number of likely N-dealkylation sites (tertiary alicyclic amines) is 1. The zero-order chi connectivity index (χ0) is 20.1. The van der Waals surface area contributed by atoms with Gasteiger partial charge in [-0.05, 0) is 75.0 Å². The summed E-state index contributed by atoms with van der Waals surface area (Å²) in [5.74, 6) is -0.466. The minimum absolute atomic E-state index is 0.152. The van der Waals surface area contributed by atoms with Gasteiger partial charge < -0.3 is 4.74 Å². The number of piperidine rings is 1. The Hall–Kier alpha value is -2.53. The van der Waals surface area contributed by atoms with E-state index in [4.69, 9.17) is 4.74 Å². The SMILES string of the molecule is Cc1cc(C)c(C(=O)COC(=O)[C@H]2CCCCN2Cc2ccccn2)cc1C. The first-order valence-electron chi connectivity index (χ1n) is 9.87. The lowest BCUT2D eigenvalue weighted by atomic mass is 9.98. The van der Waals surface area contributed by atoms with Crippen LogP contribution in [0, 0.1) is 20.8 Å². The summed E-state index contributed by atoms with van der Waals surface area (Å²) in [7, 11) is 0. The average Bonchev–Trinajstić information content (AvgIpc) is 2.70. The van der Waals surface area contributed by atoms with Crippen LogP contribution in [-0.4, -0.2) is 40.8 Å². The van der Waals surface area contributed by atoms with Crippen LogP contribution >= 0.6 is 0 Å². The highest BCUT2D eigenvalue weighted by atomic mass is 16.5. The van der Waals surface area contributed by atoms with Gasteiger partial charge in [0.15, 0.2) is 6.61 Å². The molecular formula is C23H28N2O3. The summed E-state index contributed by atoms with van der Waals surface area (Å²) in [5, 5.41) is 0. The average molecular weight is 380 g/mol. The molecule has 0 unspecified atom stereocenters. The van der Waals surface area contributed by atoms with Gasteiger partial charge in [0.1, 0.15) is 6.04 Å². The zero-order valence-electron chi connectivity index (χ0n) is 16.9. The predicted octanol–water partition coefficient (Wildman–Crippen LogP) is 3.79. The van der Waals surface area contributed by atoms with E-state index in [-0.39, 0.29) is 24.4 Å². The first-order chi connectivity index (χ1) is 13.5. The van der Waals surface area contributed by atoms with Gasteiger partial charge in [-0.15, -0.1) is 0 Å². The number of aromatic nitrogens is 1. The van der Waals surface area contributed by atoms with Gasteiger partial charge >= 0.3 is 5.97 Å². The number of carbonyl (C=O) groups is 2. The van der Waals surface area contributed by atoms with Crippen molar-refractivity contribution >= 4 is 11.8 Å². The Morgan fingerprint density at radius 2 is 1.89 bits per heavy atom. The minimum Gasteiger partial charge on any atom is -0.456 e. The second-order valence-corrected chi connectivity index (χ2v) is 7.59. The third-order valence-electron chi connectivity index (χ3n) is 5.46. The monoisotopic (exact) mass is 380 g/mol. The van der Waals surface area contributed by atoms with Crippen LogP contribution < -0.4 is 0 Å². The molecular weight excluding hydrogens is 352 g/mol. The van der Waals surface area contributed by atoms with E-state index in [9.17, 15) is 9.59 Å². The van der Waals surface area contributed by atoms with E-state index < -0.39 is 0 Å². The van der Waals surface area contributed by atoms with Crippen molar-refractivity contribution in [1.29, 1.82) is 0 Å². The topological polar surface area (TPSA) is 59.5 Å². The highest BCUT2D eigenvalue weighted by Gasteiger charge is 2.30. The molecule has 0 aliphatic carbocycles. The third kappa shape index (κ3) is 4.84. The van der Waals surface area contributed by atoms with Crippen LogP contribution in [0.25, 0.3) is 0 Å². The van der Waals surface area contributed by atoms with E-state index in [1.54, 1.807) is 6.20 Å². The van der Waals surface area contributed by atoms with Crippen molar-refractivity contribution in [1.82, 2.24) is 9.88 Å². The van der Waals surface area contributed by atoms with E-state index in [2.05, 4.69) is 9.88 Å². The molecule has 1 aliphatic rings. The number of hydrogen-bond acceptors (Lipinski definition) is 5.